The molecule has 11 heteroatoms. The maximum Gasteiger partial charge on any atom is 0.313 e. The van der Waals surface area contributed by atoms with Crippen molar-refractivity contribution in [1.29, 1.82) is 0 Å². The first-order chi connectivity index (χ1) is 22.9. The van der Waals surface area contributed by atoms with Gasteiger partial charge in [0.15, 0.2) is 0 Å². The Hall–Kier alpha value is -3.02. The Bertz CT molecular complexity index is 1330. The standard InChI is InChI=1S/C37H52BrN3O7/c1-7-9-19-28(43)39(6)25(5)31(26-17-13-12-14-18-26)47-36(46)29-30-34(44)41(21-15-10-11-16-22-42)33(35(45)40(20-8-2)24(3)4)37(30)23-27(38)32(29)48-37/h7-8,12-14,17-18,24-25,27,29-33,42H,1-2,9-11,15-16,19-23H2,3-6H3/t25-,27?,29-,30+,31+,32-,33-,37+/m1/s1. The highest BCUT2D eigenvalue weighted by molar-refractivity contribution is 9.09. The van der Waals surface area contributed by atoms with Gasteiger partial charge in [0.2, 0.25) is 17.7 Å². The van der Waals surface area contributed by atoms with Gasteiger partial charge in [-0.15, -0.1) is 13.2 Å². The van der Waals surface area contributed by atoms with E-state index in [9.17, 15) is 24.3 Å². The average Bonchev–Trinajstić information content (AvgIpc) is 3.67. The van der Waals surface area contributed by atoms with Gasteiger partial charge in [-0.25, -0.2) is 0 Å². The lowest BCUT2D eigenvalue weighted by molar-refractivity contribution is -0.164. The van der Waals surface area contributed by atoms with Crippen LogP contribution in [0.1, 0.15) is 77.4 Å². The number of likely N-dealkylation sites (tertiary alicyclic amines) is 1. The van der Waals surface area contributed by atoms with E-state index < -0.39 is 47.7 Å². The third kappa shape index (κ3) is 7.43. The number of unbranched alkanes of at least 4 members (excludes halogenated alkanes) is 3. The van der Waals surface area contributed by atoms with E-state index in [1.807, 2.05) is 51.1 Å². The molecule has 0 aliphatic carbocycles. The maximum atomic E-state index is 14.5. The van der Waals surface area contributed by atoms with Gasteiger partial charge in [0.05, 0.1) is 24.0 Å². The fraction of sp³-hybridized carbons (Fsp3) is 0.622. The molecule has 0 radical (unpaired) electrons. The number of hydrogen-bond acceptors (Lipinski definition) is 7. The molecule has 3 fully saturated rings. The molecule has 3 aliphatic rings. The Labute approximate surface area is 293 Å². The van der Waals surface area contributed by atoms with Crippen LogP contribution in [-0.4, -0.2) is 105 Å². The van der Waals surface area contributed by atoms with Gasteiger partial charge in [0, 0.05) is 44.0 Å². The molecule has 4 rings (SSSR count). The van der Waals surface area contributed by atoms with Crippen LogP contribution in [-0.2, 0) is 28.7 Å². The number of alkyl halides is 1. The number of benzene rings is 1. The molecule has 1 aromatic carbocycles. The van der Waals surface area contributed by atoms with Crippen LogP contribution in [0.5, 0.6) is 0 Å². The Morgan fingerprint density at radius 2 is 1.81 bits per heavy atom. The molecular formula is C37H52BrN3O7. The van der Waals surface area contributed by atoms with E-state index in [2.05, 4.69) is 29.1 Å². The van der Waals surface area contributed by atoms with Crippen LogP contribution < -0.4 is 0 Å². The maximum absolute atomic E-state index is 14.5. The molecule has 48 heavy (non-hydrogen) atoms. The van der Waals surface area contributed by atoms with Gasteiger partial charge in [-0.05, 0) is 52.0 Å². The second kappa shape index (κ2) is 16.6. The monoisotopic (exact) mass is 729 g/mol. The molecule has 1 N–H and O–H groups in total. The number of fused-ring (bicyclic) bond motifs is 1. The second-order valence-electron chi connectivity index (χ2n) is 13.5. The number of aliphatic hydroxyl groups is 1. The molecule has 1 spiro atoms. The molecule has 1 aromatic rings. The first kappa shape index (κ1) is 37.8. The number of rotatable bonds is 18. The zero-order valence-electron chi connectivity index (χ0n) is 28.8. The van der Waals surface area contributed by atoms with Crippen molar-refractivity contribution in [1.82, 2.24) is 14.7 Å². The van der Waals surface area contributed by atoms with E-state index in [1.165, 1.54) is 0 Å². The summed E-state index contributed by atoms with van der Waals surface area (Å²) in [6.45, 7) is 14.0. The number of ether oxygens (including phenoxy) is 2. The summed E-state index contributed by atoms with van der Waals surface area (Å²) in [6.07, 6.45) is 6.02. The molecular weight excluding hydrogens is 678 g/mol. The number of hydrogen-bond donors (Lipinski definition) is 1. The fourth-order valence-electron chi connectivity index (χ4n) is 7.64. The van der Waals surface area contributed by atoms with Crippen molar-refractivity contribution in [3.8, 4) is 0 Å². The Morgan fingerprint density at radius 3 is 2.44 bits per heavy atom. The van der Waals surface area contributed by atoms with Crippen LogP contribution in [0.2, 0.25) is 0 Å². The lowest BCUT2D eigenvalue weighted by Gasteiger charge is -2.38. The van der Waals surface area contributed by atoms with Crippen LogP contribution in [0.25, 0.3) is 0 Å². The van der Waals surface area contributed by atoms with E-state index in [0.717, 1.165) is 18.4 Å². The summed E-state index contributed by atoms with van der Waals surface area (Å²) in [5, 5.41) is 9.23. The van der Waals surface area contributed by atoms with Gasteiger partial charge in [0.25, 0.3) is 0 Å². The summed E-state index contributed by atoms with van der Waals surface area (Å²) in [5.74, 6) is -3.02. The minimum atomic E-state index is -1.21. The van der Waals surface area contributed by atoms with Crippen LogP contribution in [0.4, 0.5) is 0 Å². The van der Waals surface area contributed by atoms with Crippen LogP contribution in [0.15, 0.2) is 55.6 Å². The topological polar surface area (TPSA) is 117 Å². The molecule has 0 saturated carbocycles. The molecule has 8 atom stereocenters. The van der Waals surface area contributed by atoms with Crippen molar-refractivity contribution in [3.05, 3.63) is 61.2 Å². The summed E-state index contributed by atoms with van der Waals surface area (Å²) in [7, 11) is 1.70. The minimum absolute atomic E-state index is 0.0988. The van der Waals surface area contributed by atoms with Gasteiger partial charge in [-0.2, -0.15) is 0 Å². The van der Waals surface area contributed by atoms with Gasteiger partial charge in [-0.1, -0.05) is 71.3 Å². The molecule has 2 bridgehead atoms. The molecule has 3 aliphatic heterocycles. The van der Waals surface area contributed by atoms with Crippen molar-refractivity contribution in [2.24, 2.45) is 11.8 Å². The molecule has 1 unspecified atom stereocenters. The second-order valence-corrected chi connectivity index (χ2v) is 14.7. The molecule has 3 saturated heterocycles. The average molecular weight is 731 g/mol. The van der Waals surface area contributed by atoms with Crippen molar-refractivity contribution in [2.45, 2.75) is 106 Å². The number of esters is 1. The summed E-state index contributed by atoms with van der Waals surface area (Å²) in [5.41, 5.74) is -0.482. The quantitative estimate of drug-likeness (QED) is 0.0999. The zero-order valence-corrected chi connectivity index (χ0v) is 30.3. The van der Waals surface area contributed by atoms with Gasteiger partial charge >= 0.3 is 5.97 Å². The fourth-order valence-corrected chi connectivity index (χ4v) is 8.58. The number of amides is 3. The molecule has 3 amide bonds. The molecule has 3 heterocycles. The number of carbonyl (C=O) groups excluding carboxylic acids is 4. The summed E-state index contributed by atoms with van der Waals surface area (Å²) >= 11 is 3.75. The van der Waals surface area contributed by atoms with Crippen molar-refractivity contribution < 1.29 is 33.8 Å². The van der Waals surface area contributed by atoms with E-state index in [-0.39, 0.29) is 41.6 Å². The van der Waals surface area contributed by atoms with Crippen LogP contribution >= 0.6 is 15.9 Å². The van der Waals surface area contributed by atoms with Crippen molar-refractivity contribution >= 4 is 39.6 Å². The molecule has 264 valence electrons. The van der Waals surface area contributed by atoms with Gasteiger partial charge in [-0.3, -0.25) is 19.2 Å². The SMILES string of the molecule is C=CCCC(=O)N(C)[C@H](C)[C@H](OC(=O)[C@H]1[C@@H]2O[C@@]3(CC2Br)[C@@H]1C(=O)N(CCCCCCO)[C@@H]3C(=O)N(CC=C)C(C)C)c1ccccc1. The predicted molar refractivity (Wildman–Crippen MR) is 187 cm³/mol. The van der Waals surface area contributed by atoms with E-state index in [1.54, 1.807) is 33.9 Å². The van der Waals surface area contributed by atoms with Crippen LogP contribution in [0, 0.1) is 11.8 Å². The third-order valence-electron chi connectivity index (χ3n) is 10.2. The Kier molecular flexibility index (Phi) is 13.1. The van der Waals surface area contributed by atoms with E-state index in [0.29, 0.717) is 38.8 Å². The number of nitrogens with zero attached hydrogens (tertiary/aromatic N) is 3. The van der Waals surface area contributed by atoms with Crippen LogP contribution in [0.3, 0.4) is 0 Å². The molecule has 10 nitrogen and oxygen atoms in total. The highest BCUT2D eigenvalue weighted by Gasteiger charge is 2.77. The van der Waals surface area contributed by atoms with Gasteiger partial charge < -0.3 is 29.3 Å². The first-order valence-electron chi connectivity index (χ1n) is 17.2. The number of carbonyl (C=O) groups is 4. The minimum Gasteiger partial charge on any atom is -0.455 e. The lowest BCUT2D eigenvalue weighted by atomic mass is 9.70. The number of likely N-dealkylation sites (N-methyl/N-ethyl adjacent to an activating group) is 1. The van der Waals surface area contributed by atoms with Crippen molar-refractivity contribution in [2.75, 3.05) is 26.7 Å². The first-order valence-corrected chi connectivity index (χ1v) is 18.1. The summed E-state index contributed by atoms with van der Waals surface area (Å²) in [4.78, 5) is 61.0. The largest absolute Gasteiger partial charge is 0.455 e. The lowest BCUT2D eigenvalue weighted by Crippen LogP contribution is -2.58. The van der Waals surface area contributed by atoms with Crippen molar-refractivity contribution in [3.63, 3.8) is 0 Å². The highest BCUT2D eigenvalue weighted by atomic mass is 79.9. The summed E-state index contributed by atoms with van der Waals surface area (Å²) < 4.78 is 13.0. The zero-order chi connectivity index (χ0) is 35.2. The summed E-state index contributed by atoms with van der Waals surface area (Å²) in [6, 6.07) is 7.73. The number of allylic oxidation sites excluding steroid dienone is 1. The number of halogens is 1. The normalized spacial score (nSPS) is 27.0. The Morgan fingerprint density at radius 1 is 1.12 bits per heavy atom. The van der Waals surface area contributed by atoms with Gasteiger partial charge in [0.1, 0.15) is 17.7 Å². The number of aliphatic hydroxyl groups excluding tert-OH is 1. The molecule has 0 aromatic heterocycles. The third-order valence-corrected chi connectivity index (χ3v) is 11.1. The Balaban J connectivity index is 1.69. The van der Waals surface area contributed by atoms with E-state index in [4.69, 9.17) is 9.47 Å². The van der Waals surface area contributed by atoms with E-state index >= 15 is 0 Å². The predicted octanol–water partition coefficient (Wildman–Crippen LogP) is 4.81. The smallest absolute Gasteiger partial charge is 0.313 e. The highest BCUT2D eigenvalue weighted by Crippen LogP contribution is 2.60.